The monoisotopic (exact) mass is 405 g/mol. The van der Waals surface area contributed by atoms with Gasteiger partial charge in [0.05, 0.1) is 12.9 Å². The molecule has 2 aromatic rings. The van der Waals surface area contributed by atoms with Crippen LogP contribution in [-0.4, -0.2) is 49.1 Å². The third kappa shape index (κ3) is 4.25. The second-order valence-electron chi connectivity index (χ2n) is 6.05. The predicted octanol–water partition coefficient (Wildman–Crippen LogP) is -2.18. The van der Waals surface area contributed by atoms with Crippen molar-refractivity contribution in [2.24, 2.45) is 4.99 Å². The first-order chi connectivity index (χ1) is 12.5. The quantitative estimate of drug-likeness (QED) is 0.260. The number of imidazole rings is 1. The molecule has 4 atom stereocenters. The summed E-state index contributed by atoms with van der Waals surface area (Å²) in [5, 5.41) is 11.8. The van der Waals surface area contributed by atoms with Gasteiger partial charge in [0, 0.05) is 6.42 Å². The first-order valence-corrected chi connectivity index (χ1v) is 9.69. The van der Waals surface area contributed by atoms with Gasteiger partial charge >= 0.3 is 37.4 Å². The summed E-state index contributed by atoms with van der Waals surface area (Å²) in [4.78, 5) is 25.9. The van der Waals surface area contributed by atoms with Crippen molar-refractivity contribution in [3.8, 4) is 0 Å². The van der Waals surface area contributed by atoms with Crippen molar-refractivity contribution >= 4 is 30.7 Å². The molecule has 1 N–H and O–H groups in total. The Morgan fingerprint density at radius 2 is 2.26 bits per heavy atom. The Morgan fingerprint density at radius 3 is 3.04 bits per heavy atom. The summed E-state index contributed by atoms with van der Waals surface area (Å²) in [7, 11) is -4.02. The Hall–Kier alpha value is -0.910. The van der Waals surface area contributed by atoms with Crippen LogP contribution in [0.5, 0.6) is 0 Å². The van der Waals surface area contributed by atoms with Crippen molar-refractivity contribution in [2.75, 3.05) is 6.61 Å². The minimum Gasteiger partial charge on any atom is -0.862 e. The Morgan fingerprint density at radius 1 is 1.44 bits per heavy atom. The fourth-order valence-corrected chi connectivity index (χ4v) is 3.98. The molecule has 4 heterocycles. The number of fused-ring (bicyclic) bond motifs is 2. The minimum atomic E-state index is -4.02. The molecule has 0 bridgehead atoms. The average Bonchev–Trinajstić information content (AvgIpc) is 3.17. The summed E-state index contributed by atoms with van der Waals surface area (Å²) in [6.07, 6.45) is 2.69. The molecule has 11 nitrogen and oxygen atoms in total. The number of aliphatic imine (C=N–C) groups is 1. The molecule has 2 aliphatic rings. The van der Waals surface area contributed by atoms with Gasteiger partial charge in [-0.05, 0) is 12.3 Å². The number of phosphoric acid groups is 1. The SMILES string of the molecule is CCCC([O-])=Nc1ncnc2c1ncn2[C@H]1C[C@@H]2OP(=O)(O)OC[C@H]2O1.[Na+]. The summed E-state index contributed by atoms with van der Waals surface area (Å²) in [6.45, 7) is 1.87. The zero-order valence-corrected chi connectivity index (χ0v) is 17.8. The predicted molar refractivity (Wildman–Crippen MR) is 86.5 cm³/mol. The third-order valence-electron chi connectivity index (χ3n) is 4.20. The normalized spacial score (nSPS) is 30.9. The molecule has 2 aromatic heterocycles. The van der Waals surface area contributed by atoms with E-state index in [1.807, 2.05) is 6.92 Å². The fraction of sp³-hybridized carbons (Fsp3) is 0.571. The molecule has 140 valence electrons. The van der Waals surface area contributed by atoms with Gasteiger partial charge in [-0.15, -0.1) is 0 Å². The standard InChI is InChI=1S/C14H18N5O6P.Na/c1-2-3-10(20)18-13-12-14(16-6-15-13)19(7-17-12)11-4-8-9(24-11)5-23-26(21,22)25-8;/h6-9,11H,2-5H2,1H3,(H,21,22)(H,15,16,18,20);/q;+1/p-1/t8-,9+,11+;/m0./s1. The van der Waals surface area contributed by atoms with Gasteiger partial charge in [0.25, 0.3) is 0 Å². The molecule has 2 fully saturated rings. The molecule has 1 unspecified atom stereocenters. The smallest absolute Gasteiger partial charge is 0.862 e. The van der Waals surface area contributed by atoms with Gasteiger partial charge in [0.2, 0.25) is 0 Å². The number of rotatable bonds is 4. The molecular formula is C14H17N5NaO6P. The van der Waals surface area contributed by atoms with E-state index in [1.165, 1.54) is 12.7 Å². The molecule has 0 aliphatic carbocycles. The maximum Gasteiger partial charge on any atom is 1.00 e. The first kappa shape index (κ1) is 20.8. The molecule has 2 saturated heterocycles. The van der Waals surface area contributed by atoms with Gasteiger partial charge in [-0.25, -0.2) is 24.5 Å². The summed E-state index contributed by atoms with van der Waals surface area (Å²) >= 11 is 0. The van der Waals surface area contributed by atoms with Crippen LogP contribution < -0.4 is 34.7 Å². The first-order valence-electron chi connectivity index (χ1n) is 8.20. The van der Waals surface area contributed by atoms with Crippen molar-refractivity contribution in [3.05, 3.63) is 12.7 Å². The minimum absolute atomic E-state index is 0. The second kappa shape index (κ2) is 8.22. The van der Waals surface area contributed by atoms with Crippen LogP contribution in [0.1, 0.15) is 32.4 Å². The van der Waals surface area contributed by atoms with E-state index < -0.39 is 26.3 Å². The third-order valence-corrected chi connectivity index (χ3v) is 5.21. The van der Waals surface area contributed by atoms with Crippen LogP contribution in [-0.2, 0) is 18.3 Å². The maximum atomic E-state index is 11.8. The Balaban J connectivity index is 0.00000210. The fourth-order valence-electron chi connectivity index (χ4n) is 3.02. The van der Waals surface area contributed by atoms with Gasteiger partial charge in [0.15, 0.2) is 17.0 Å². The van der Waals surface area contributed by atoms with Crippen molar-refractivity contribution in [2.45, 2.75) is 44.6 Å². The maximum absolute atomic E-state index is 11.8. The van der Waals surface area contributed by atoms with E-state index in [1.54, 1.807) is 4.57 Å². The molecule has 4 rings (SSSR count). The Bertz CT molecular complexity index is 907. The number of hydrogen-bond donors (Lipinski definition) is 1. The van der Waals surface area contributed by atoms with Gasteiger partial charge in [-0.1, -0.05) is 13.3 Å². The number of hydrogen-bond acceptors (Lipinski definition) is 9. The van der Waals surface area contributed by atoms with Crippen LogP contribution in [0.4, 0.5) is 5.82 Å². The number of aromatic nitrogens is 4. The number of ether oxygens (including phenoxy) is 1. The van der Waals surface area contributed by atoms with Crippen molar-refractivity contribution in [1.29, 1.82) is 0 Å². The average molecular weight is 405 g/mol. The van der Waals surface area contributed by atoms with Gasteiger partial charge in [0.1, 0.15) is 24.8 Å². The van der Waals surface area contributed by atoms with Crippen molar-refractivity contribution < 1.29 is 57.9 Å². The molecule has 0 spiro atoms. The summed E-state index contributed by atoms with van der Waals surface area (Å²) < 4.78 is 28.9. The van der Waals surface area contributed by atoms with E-state index in [2.05, 4.69) is 19.9 Å². The number of nitrogens with zero attached hydrogens (tertiary/aromatic N) is 5. The van der Waals surface area contributed by atoms with E-state index in [9.17, 15) is 14.6 Å². The Kier molecular flexibility index (Phi) is 6.34. The molecule has 13 heteroatoms. The van der Waals surface area contributed by atoms with Crippen molar-refractivity contribution in [1.82, 2.24) is 19.5 Å². The van der Waals surface area contributed by atoms with Crippen LogP contribution in [0, 0.1) is 0 Å². The topological polar surface area (TPSA) is 144 Å². The molecule has 0 aromatic carbocycles. The number of phosphoric ester groups is 1. The van der Waals surface area contributed by atoms with Crippen LogP contribution in [0.2, 0.25) is 0 Å². The van der Waals surface area contributed by atoms with Gasteiger partial charge in [-0.3, -0.25) is 13.6 Å². The van der Waals surface area contributed by atoms with Crippen LogP contribution >= 0.6 is 7.82 Å². The summed E-state index contributed by atoms with van der Waals surface area (Å²) in [6, 6.07) is 0. The largest absolute Gasteiger partial charge is 1.00 e. The molecule has 27 heavy (non-hydrogen) atoms. The van der Waals surface area contributed by atoms with Gasteiger partial charge in [-0.2, -0.15) is 0 Å². The van der Waals surface area contributed by atoms with Gasteiger partial charge < -0.3 is 14.7 Å². The van der Waals surface area contributed by atoms with E-state index >= 15 is 0 Å². The van der Waals surface area contributed by atoms with E-state index in [-0.39, 0.29) is 47.9 Å². The molecule has 2 aliphatic heterocycles. The van der Waals surface area contributed by atoms with Crippen LogP contribution in [0.15, 0.2) is 17.6 Å². The molecule has 0 saturated carbocycles. The summed E-state index contributed by atoms with van der Waals surface area (Å²) in [5.41, 5.74) is 0.847. The summed E-state index contributed by atoms with van der Waals surface area (Å²) in [5.74, 6) is -0.0588. The van der Waals surface area contributed by atoms with E-state index in [0.29, 0.717) is 30.4 Å². The zero-order chi connectivity index (χ0) is 18.3. The molecule has 0 amide bonds. The van der Waals surface area contributed by atoms with Crippen molar-refractivity contribution in [3.63, 3.8) is 0 Å². The van der Waals surface area contributed by atoms with E-state index in [4.69, 9.17) is 13.8 Å². The van der Waals surface area contributed by atoms with E-state index in [0.717, 1.165) is 0 Å². The Labute approximate surface area is 176 Å². The second-order valence-corrected chi connectivity index (χ2v) is 7.46. The van der Waals surface area contributed by atoms with Crippen LogP contribution in [0.25, 0.3) is 11.2 Å². The zero-order valence-electron chi connectivity index (χ0n) is 14.9. The molecular weight excluding hydrogens is 388 g/mol. The van der Waals surface area contributed by atoms with Crippen LogP contribution in [0.3, 0.4) is 0 Å². The molecule has 0 radical (unpaired) electrons.